The van der Waals surface area contributed by atoms with Crippen LogP contribution in [0.3, 0.4) is 0 Å². The molecule has 0 amide bonds. The molecule has 0 aliphatic carbocycles. The molecule has 0 fully saturated rings. The first-order chi connectivity index (χ1) is 7.65. The summed E-state index contributed by atoms with van der Waals surface area (Å²) in [7, 11) is 1.75. The lowest BCUT2D eigenvalue weighted by Gasteiger charge is -2.00. The van der Waals surface area contributed by atoms with Crippen LogP contribution in [0.15, 0.2) is 24.3 Å². The third-order valence-electron chi connectivity index (χ3n) is 2.43. The van der Waals surface area contributed by atoms with Crippen molar-refractivity contribution < 1.29 is 4.39 Å². The predicted molar refractivity (Wildman–Crippen MR) is 61.5 cm³/mol. The summed E-state index contributed by atoms with van der Waals surface area (Å²) in [5, 5.41) is 0.394. The second-order valence-corrected chi connectivity index (χ2v) is 3.77. The minimum Gasteiger partial charge on any atom is -0.324 e. The Balaban J connectivity index is 2.61. The van der Waals surface area contributed by atoms with Crippen molar-refractivity contribution in [2.24, 2.45) is 12.8 Å². The van der Waals surface area contributed by atoms with Gasteiger partial charge in [0.15, 0.2) is 0 Å². The molecule has 0 unspecified atom stereocenters. The third kappa shape index (κ3) is 1.70. The molecular weight excluding hydrogens is 229 g/mol. The number of nitrogens with zero attached hydrogens (tertiary/aromatic N) is 2. The molecule has 2 rings (SSSR count). The maximum atomic E-state index is 13.6. The first-order valence-corrected chi connectivity index (χ1v) is 5.19. The number of halogens is 2. The average molecular weight is 240 g/mol. The fourth-order valence-electron chi connectivity index (χ4n) is 1.53. The Morgan fingerprint density at radius 3 is 2.69 bits per heavy atom. The van der Waals surface area contributed by atoms with Crippen LogP contribution in [0.2, 0.25) is 5.15 Å². The van der Waals surface area contributed by atoms with Gasteiger partial charge in [-0.05, 0) is 12.1 Å². The molecule has 1 aromatic carbocycles. The normalized spacial score (nSPS) is 10.8. The van der Waals surface area contributed by atoms with Crippen molar-refractivity contribution in [2.75, 3.05) is 0 Å². The summed E-state index contributed by atoms with van der Waals surface area (Å²) < 4.78 is 15.2. The number of rotatable bonds is 2. The van der Waals surface area contributed by atoms with Gasteiger partial charge in [-0.3, -0.25) is 0 Å². The lowest BCUT2D eigenvalue weighted by atomic mass is 10.1. The molecule has 0 saturated heterocycles. The molecule has 0 spiro atoms. The molecule has 3 nitrogen and oxygen atoms in total. The van der Waals surface area contributed by atoms with Gasteiger partial charge in [-0.15, -0.1) is 0 Å². The van der Waals surface area contributed by atoms with Gasteiger partial charge in [0.25, 0.3) is 0 Å². The van der Waals surface area contributed by atoms with Crippen molar-refractivity contribution in [1.29, 1.82) is 0 Å². The molecule has 1 heterocycles. The maximum absolute atomic E-state index is 13.6. The molecule has 2 aromatic rings. The summed E-state index contributed by atoms with van der Waals surface area (Å²) >= 11 is 6.08. The first-order valence-electron chi connectivity index (χ1n) is 4.81. The van der Waals surface area contributed by atoms with E-state index in [2.05, 4.69) is 4.98 Å². The predicted octanol–water partition coefficient (Wildman–Crippen LogP) is 2.34. The van der Waals surface area contributed by atoms with E-state index in [0.717, 1.165) is 0 Å². The summed E-state index contributed by atoms with van der Waals surface area (Å²) in [5.41, 5.74) is 6.34. The largest absolute Gasteiger partial charge is 0.324 e. The van der Waals surface area contributed by atoms with Crippen molar-refractivity contribution in [2.45, 2.75) is 6.54 Å². The molecule has 0 aliphatic heterocycles. The smallest absolute Gasteiger partial charge is 0.136 e. The Bertz CT molecular complexity index is 522. The van der Waals surface area contributed by atoms with E-state index in [1.165, 1.54) is 6.07 Å². The molecule has 0 atom stereocenters. The summed E-state index contributed by atoms with van der Waals surface area (Å²) in [6.07, 6.45) is 0. The van der Waals surface area contributed by atoms with Crippen LogP contribution in [0, 0.1) is 5.82 Å². The van der Waals surface area contributed by atoms with Gasteiger partial charge in [-0.1, -0.05) is 23.7 Å². The number of hydrogen-bond acceptors (Lipinski definition) is 2. The van der Waals surface area contributed by atoms with Crippen molar-refractivity contribution in [3.63, 3.8) is 0 Å². The van der Waals surface area contributed by atoms with Crippen molar-refractivity contribution in [3.05, 3.63) is 41.1 Å². The van der Waals surface area contributed by atoms with E-state index in [4.69, 9.17) is 17.3 Å². The quantitative estimate of drug-likeness (QED) is 0.874. The van der Waals surface area contributed by atoms with E-state index >= 15 is 0 Å². The monoisotopic (exact) mass is 239 g/mol. The van der Waals surface area contributed by atoms with Crippen molar-refractivity contribution >= 4 is 11.6 Å². The molecule has 0 aliphatic rings. The SMILES string of the molecule is Cn1c(CN)nc(-c2ccccc2F)c1Cl. The molecule has 5 heteroatoms. The van der Waals surface area contributed by atoms with Crippen LogP contribution in [0.25, 0.3) is 11.3 Å². The Labute approximate surface area is 97.7 Å². The summed E-state index contributed by atoms with van der Waals surface area (Å²) in [6.45, 7) is 0.269. The van der Waals surface area contributed by atoms with Gasteiger partial charge in [-0.2, -0.15) is 0 Å². The Morgan fingerprint density at radius 2 is 2.12 bits per heavy atom. The number of benzene rings is 1. The first kappa shape index (κ1) is 11.1. The van der Waals surface area contributed by atoms with Crippen LogP contribution in [-0.2, 0) is 13.6 Å². The van der Waals surface area contributed by atoms with Gasteiger partial charge >= 0.3 is 0 Å². The zero-order valence-electron chi connectivity index (χ0n) is 8.74. The highest BCUT2D eigenvalue weighted by molar-refractivity contribution is 6.32. The van der Waals surface area contributed by atoms with Crippen molar-refractivity contribution in [3.8, 4) is 11.3 Å². The van der Waals surface area contributed by atoms with E-state index in [-0.39, 0.29) is 12.4 Å². The molecule has 0 saturated carbocycles. The molecule has 0 bridgehead atoms. The average Bonchev–Trinajstić information content (AvgIpc) is 2.57. The highest BCUT2D eigenvalue weighted by Gasteiger charge is 2.16. The fraction of sp³-hybridized carbons (Fsp3) is 0.182. The van der Waals surface area contributed by atoms with E-state index in [0.29, 0.717) is 22.2 Å². The lowest BCUT2D eigenvalue weighted by Crippen LogP contribution is -2.04. The van der Waals surface area contributed by atoms with Crippen LogP contribution in [-0.4, -0.2) is 9.55 Å². The van der Waals surface area contributed by atoms with Crippen molar-refractivity contribution in [1.82, 2.24) is 9.55 Å². The molecule has 84 valence electrons. The third-order valence-corrected chi connectivity index (χ3v) is 2.86. The lowest BCUT2D eigenvalue weighted by molar-refractivity contribution is 0.631. The highest BCUT2D eigenvalue weighted by atomic mass is 35.5. The van der Waals surface area contributed by atoms with Gasteiger partial charge in [0.05, 0.1) is 6.54 Å². The fourth-order valence-corrected chi connectivity index (χ4v) is 1.77. The Morgan fingerprint density at radius 1 is 1.44 bits per heavy atom. The Hall–Kier alpha value is -1.39. The molecule has 2 N–H and O–H groups in total. The highest BCUT2D eigenvalue weighted by Crippen LogP contribution is 2.29. The van der Waals surface area contributed by atoms with E-state index in [9.17, 15) is 4.39 Å². The second kappa shape index (κ2) is 4.23. The zero-order chi connectivity index (χ0) is 11.7. The number of hydrogen-bond donors (Lipinski definition) is 1. The molecule has 16 heavy (non-hydrogen) atoms. The van der Waals surface area contributed by atoms with Gasteiger partial charge in [0, 0.05) is 12.6 Å². The standard InChI is InChI=1S/C11H11ClFN3/c1-16-9(6-14)15-10(11(16)12)7-4-2-3-5-8(7)13/h2-5H,6,14H2,1H3. The number of nitrogens with two attached hydrogens (primary N) is 1. The minimum absolute atomic E-state index is 0.269. The van der Waals surface area contributed by atoms with Gasteiger partial charge in [0.2, 0.25) is 0 Å². The van der Waals surface area contributed by atoms with Crippen LogP contribution in [0.1, 0.15) is 5.82 Å². The van der Waals surface area contributed by atoms with Crippen LogP contribution in [0.5, 0.6) is 0 Å². The minimum atomic E-state index is -0.342. The molecule has 1 aromatic heterocycles. The topological polar surface area (TPSA) is 43.8 Å². The molecule has 0 radical (unpaired) electrons. The molecular formula is C11H11ClFN3. The van der Waals surface area contributed by atoms with Crippen LogP contribution >= 0.6 is 11.6 Å². The Kier molecular flexibility index (Phi) is 2.94. The van der Waals surface area contributed by atoms with E-state index < -0.39 is 0 Å². The second-order valence-electron chi connectivity index (χ2n) is 3.41. The zero-order valence-corrected chi connectivity index (χ0v) is 9.50. The van der Waals surface area contributed by atoms with E-state index in [1.54, 1.807) is 29.8 Å². The number of aromatic nitrogens is 2. The number of imidazole rings is 1. The van der Waals surface area contributed by atoms with Gasteiger partial charge < -0.3 is 10.3 Å². The van der Waals surface area contributed by atoms with Gasteiger partial charge in [-0.25, -0.2) is 9.37 Å². The van der Waals surface area contributed by atoms with Crippen LogP contribution in [0.4, 0.5) is 4.39 Å². The van der Waals surface area contributed by atoms with Crippen LogP contribution < -0.4 is 5.73 Å². The summed E-state index contributed by atoms with van der Waals surface area (Å²) in [6, 6.07) is 6.39. The van der Waals surface area contributed by atoms with E-state index in [1.807, 2.05) is 0 Å². The van der Waals surface area contributed by atoms with Gasteiger partial charge in [0.1, 0.15) is 22.5 Å². The summed E-state index contributed by atoms with van der Waals surface area (Å²) in [5.74, 6) is 0.286. The summed E-state index contributed by atoms with van der Waals surface area (Å²) in [4.78, 5) is 4.22. The maximum Gasteiger partial charge on any atom is 0.136 e.